The Kier molecular flexibility index (Phi) is 4.83. The van der Waals surface area contributed by atoms with Gasteiger partial charge >= 0.3 is 5.00 Å². The summed E-state index contributed by atoms with van der Waals surface area (Å²) in [6.45, 7) is 0.175. The van der Waals surface area contributed by atoms with Crippen LogP contribution in [0.2, 0.25) is 0 Å². The number of rotatable bonds is 4. The monoisotopic (exact) mass is 424 g/mol. The number of amides is 2. The highest BCUT2D eigenvalue weighted by Crippen LogP contribution is 2.36. The van der Waals surface area contributed by atoms with Gasteiger partial charge in [0, 0.05) is 15.4 Å². The minimum Gasteiger partial charge on any atom is -0.268 e. The summed E-state index contributed by atoms with van der Waals surface area (Å²) in [6, 6.07) is 10.3. The molecule has 0 saturated carbocycles. The molecule has 2 heterocycles. The molecule has 1 aliphatic heterocycles. The van der Waals surface area contributed by atoms with Crippen LogP contribution in [-0.4, -0.2) is 21.0 Å². The predicted molar refractivity (Wildman–Crippen MR) is 96.6 cm³/mol. The lowest BCUT2D eigenvalue weighted by molar-refractivity contribution is -0.380. The summed E-state index contributed by atoms with van der Waals surface area (Å²) in [5.74, 6) is -0.392. The molecule has 2 aromatic rings. The zero-order valence-corrected chi connectivity index (χ0v) is 15.2. The molecule has 2 amide bonds. The third-order valence-electron chi connectivity index (χ3n) is 3.23. The van der Waals surface area contributed by atoms with E-state index in [9.17, 15) is 19.7 Å². The first-order valence-corrected chi connectivity index (χ1v) is 9.11. The van der Waals surface area contributed by atoms with Gasteiger partial charge < -0.3 is 0 Å². The highest BCUT2D eigenvalue weighted by molar-refractivity contribution is 9.10. The van der Waals surface area contributed by atoms with E-state index >= 15 is 0 Å². The molecule has 0 N–H and O–H groups in total. The third kappa shape index (κ3) is 3.42. The van der Waals surface area contributed by atoms with Gasteiger partial charge in [0.1, 0.15) is 0 Å². The van der Waals surface area contributed by atoms with Crippen molar-refractivity contribution in [1.29, 1.82) is 0 Å². The molecule has 0 spiro atoms. The minimum absolute atomic E-state index is 0.00584. The van der Waals surface area contributed by atoms with E-state index < -0.39 is 10.8 Å². The van der Waals surface area contributed by atoms with Gasteiger partial charge in [-0.25, -0.2) is 0 Å². The highest BCUT2D eigenvalue weighted by atomic mass is 79.9. The summed E-state index contributed by atoms with van der Waals surface area (Å²) in [4.78, 5) is 36.8. The average molecular weight is 425 g/mol. The second kappa shape index (κ2) is 6.88. The van der Waals surface area contributed by atoms with Crippen LogP contribution >= 0.6 is 39.0 Å². The van der Waals surface area contributed by atoms with Gasteiger partial charge in [0.15, 0.2) is 0 Å². The molecule has 1 aromatic carbocycles. The molecule has 0 bridgehead atoms. The van der Waals surface area contributed by atoms with Gasteiger partial charge in [-0.3, -0.25) is 24.6 Å². The van der Waals surface area contributed by atoms with E-state index in [2.05, 4.69) is 15.9 Å². The Morgan fingerprint density at radius 2 is 1.96 bits per heavy atom. The Morgan fingerprint density at radius 3 is 2.62 bits per heavy atom. The molecule has 3 rings (SSSR count). The molecule has 6 nitrogen and oxygen atoms in total. The van der Waals surface area contributed by atoms with Crippen molar-refractivity contribution in [2.24, 2.45) is 0 Å². The number of halogens is 1. The van der Waals surface area contributed by atoms with Gasteiger partial charge in [-0.15, -0.1) is 0 Å². The zero-order chi connectivity index (χ0) is 17.3. The summed E-state index contributed by atoms with van der Waals surface area (Å²) in [7, 11) is 0. The van der Waals surface area contributed by atoms with Gasteiger partial charge in [0.25, 0.3) is 11.1 Å². The number of imide groups is 1. The fourth-order valence-corrected chi connectivity index (χ4v) is 4.16. The lowest BCUT2D eigenvalue weighted by Crippen LogP contribution is -2.27. The van der Waals surface area contributed by atoms with E-state index in [1.165, 1.54) is 17.0 Å². The standard InChI is InChI=1S/C15H9BrN2O4S2/c16-11-4-2-1-3-9(11)8-17-14(19)12(24-15(17)20)7-10-5-6-13(23-10)18(21)22/h1-7H,8H2/b12-7-. The van der Waals surface area contributed by atoms with E-state index in [4.69, 9.17) is 0 Å². The first kappa shape index (κ1) is 16.9. The quantitative estimate of drug-likeness (QED) is 0.405. The molecule has 0 atom stereocenters. The minimum atomic E-state index is -0.485. The van der Waals surface area contributed by atoms with Crippen LogP contribution in [0.3, 0.4) is 0 Å². The molecule has 122 valence electrons. The first-order chi connectivity index (χ1) is 11.5. The van der Waals surface area contributed by atoms with Crippen molar-refractivity contribution in [3.8, 4) is 0 Å². The van der Waals surface area contributed by atoms with Crippen molar-refractivity contribution >= 4 is 61.3 Å². The van der Waals surface area contributed by atoms with Gasteiger partial charge in [-0.05, 0) is 35.5 Å². The van der Waals surface area contributed by atoms with Gasteiger partial charge in [0.2, 0.25) is 0 Å². The number of thiophene rings is 1. The van der Waals surface area contributed by atoms with Crippen LogP contribution in [-0.2, 0) is 11.3 Å². The Hall–Kier alpha value is -1.97. The van der Waals surface area contributed by atoms with Crippen molar-refractivity contribution in [3.05, 3.63) is 66.3 Å². The molecule has 1 aromatic heterocycles. The maximum Gasteiger partial charge on any atom is 0.324 e. The van der Waals surface area contributed by atoms with Crippen LogP contribution in [0.15, 0.2) is 45.8 Å². The van der Waals surface area contributed by atoms with Crippen molar-refractivity contribution in [3.63, 3.8) is 0 Å². The molecule has 9 heteroatoms. The fourth-order valence-electron chi connectivity index (χ4n) is 2.08. The number of hydrogen-bond donors (Lipinski definition) is 0. The zero-order valence-electron chi connectivity index (χ0n) is 12.0. The van der Waals surface area contributed by atoms with Gasteiger partial charge in [0.05, 0.1) is 16.4 Å². The Morgan fingerprint density at radius 1 is 1.21 bits per heavy atom. The molecular formula is C15H9BrN2O4S2. The molecule has 24 heavy (non-hydrogen) atoms. The van der Waals surface area contributed by atoms with Crippen LogP contribution < -0.4 is 0 Å². The fraction of sp³-hybridized carbons (Fsp3) is 0.0667. The molecule has 0 aliphatic carbocycles. The SMILES string of the molecule is O=C1S/C(=C\c2ccc([N+](=O)[O-])s2)C(=O)N1Cc1ccccc1Br. The second-order valence-electron chi connectivity index (χ2n) is 4.79. The maximum atomic E-state index is 12.4. The highest BCUT2D eigenvalue weighted by Gasteiger charge is 2.35. The van der Waals surface area contributed by atoms with Crippen molar-refractivity contribution in [2.45, 2.75) is 6.54 Å². The van der Waals surface area contributed by atoms with E-state index in [1.807, 2.05) is 24.3 Å². The Bertz CT molecular complexity index is 878. The van der Waals surface area contributed by atoms with E-state index in [-0.39, 0.29) is 21.7 Å². The summed E-state index contributed by atoms with van der Waals surface area (Å²) in [6.07, 6.45) is 1.52. The average Bonchev–Trinajstić information content (AvgIpc) is 3.10. The van der Waals surface area contributed by atoms with Crippen molar-refractivity contribution < 1.29 is 14.5 Å². The van der Waals surface area contributed by atoms with Crippen LogP contribution in [0.25, 0.3) is 6.08 Å². The number of carbonyl (C=O) groups is 2. The number of nitro groups is 1. The molecule has 1 saturated heterocycles. The van der Waals surface area contributed by atoms with Crippen LogP contribution in [0, 0.1) is 10.1 Å². The molecular weight excluding hydrogens is 416 g/mol. The van der Waals surface area contributed by atoms with E-state index in [1.54, 1.807) is 6.07 Å². The Labute approximate surface area is 153 Å². The van der Waals surface area contributed by atoms with Crippen LogP contribution in [0.5, 0.6) is 0 Å². The smallest absolute Gasteiger partial charge is 0.268 e. The van der Waals surface area contributed by atoms with Crippen LogP contribution in [0.1, 0.15) is 10.4 Å². The van der Waals surface area contributed by atoms with E-state index in [0.29, 0.717) is 4.88 Å². The number of hydrogen-bond acceptors (Lipinski definition) is 6. The van der Waals surface area contributed by atoms with Crippen molar-refractivity contribution in [2.75, 3.05) is 0 Å². The maximum absolute atomic E-state index is 12.4. The third-order valence-corrected chi connectivity index (χ3v) is 5.89. The number of benzene rings is 1. The van der Waals surface area contributed by atoms with Crippen LogP contribution in [0.4, 0.5) is 9.80 Å². The van der Waals surface area contributed by atoms with Gasteiger partial charge in [-0.1, -0.05) is 45.5 Å². The summed E-state index contributed by atoms with van der Waals surface area (Å²) in [5, 5.41) is 10.4. The predicted octanol–water partition coefficient (Wildman–Crippen LogP) is 4.66. The second-order valence-corrected chi connectivity index (χ2v) is 7.73. The Balaban J connectivity index is 1.82. The lowest BCUT2D eigenvalue weighted by atomic mass is 10.2. The summed E-state index contributed by atoms with van der Waals surface area (Å²) < 4.78 is 0.821. The van der Waals surface area contributed by atoms with Gasteiger partial charge in [-0.2, -0.15) is 0 Å². The largest absolute Gasteiger partial charge is 0.324 e. The van der Waals surface area contributed by atoms with Crippen molar-refractivity contribution in [1.82, 2.24) is 4.90 Å². The summed E-state index contributed by atoms with van der Waals surface area (Å²) in [5.41, 5.74) is 0.827. The topological polar surface area (TPSA) is 80.5 Å². The summed E-state index contributed by atoms with van der Waals surface area (Å²) >= 11 is 5.20. The molecule has 0 radical (unpaired) electrons. The normalized spacial score (nSPS) is 16.2. The van der Waals surface area contributed by atoms with E-state index in [0.717, 1.165) is 33.1 Å². The number of thioether (sulfide) groups is 1. The molecule has 1 fully saturated rings. The number of nitrogens with zero attached hydrogens (tertiary/aromatic N) is 2. The molecule has 0 unspecified atom stereocenters. The lowest BCUT2D eigenvalue weighted by Gasteiger charge is -2.13. The molecule has 1 aliphatic rings. The number of carbonyl (C=O) groups excluding carboxylic acids is 2. The first-order valence-electron chi connectivity index (χ1n) is 6.68.